The number of methoxy groups -OCH3 is 1. The van der Waals surface area contributed by atoms with Crippen LogP contribution in [-0.2, 0) is 17.8 Å². The molecule has 0 amide bonds. The number of hydrogen-bond donors (Lipinski definition) is 0. The maximum Gasteiger partial charge on any atom is 0.146 e. The van der Waals surface area contributed by atoms with Crippen LogP contribution in [0.15, 0.2) is 18.2 Å². The average molecular weight is 427 g/mol. The van der Waals surface area contributed by atoms with Crippen molar-refractivity contribution in [1.82, 2.24) is 9.97 Å². The van der Waals surface area contributed by atoms with E-state index in [1.54, 1.807) is 13.2 Å². The minimum absolute atomic E-state index is 0.344. The highest BCUT2D eigenvalue weighted by Gasteiger charge is 2.12. The van der Waals surface area contributed by atoms with E-state index in [-0.39, 0.29) is 5.82 Å². The molecule has 0 unspecified atom stereocenters. The SMILES string of the molecule is COCc1nc(Cc2ccc(F)cc2Cl)nc(Cl)c1I. The Bertz CT molecular complexity index is 640. The van der Waals surface area contributed by atoms with Crippen molar-refractivity contribution in [2.24, 2.45) is 0 Å². The predicted molar refractivity (Wildman–Crippen MR) is 84.7 cm³/mol. The summed E-state index contributed by atoms with van der Waals surface area (Å²) in [6.45, 7) is 0.352. The summed E-state index contributed by atoms with van der Waals surface area (Å²) in [5.74, 6) is 0.149. The Balaban J connectivity index is 2.33. The molecule has 20 heavy (non-hydrogen) atoms. The van der Waals surface area contributed by atoms with Crippen molar-refractivity contribution in [2.45, 2.75) is 13.0 Å². The highest BCUT2D eigenvalue weighted by Crippen LogP contribution is 2.23. The van der Waals surface area contributed by atoms with Crippen LogP contribution in [0.25, 0.3) is 0 Å². The lowest BCUT2D eigenvalue weighted by Crippen LogP contribution is -2.05. The van der Waals surface area contributed by atoms with Gasteiger partial charge in [0.05, 0.1) is 15.9 Å². The van der Waals surface area contributed by atoms with Gasteiger partial charge >= 0.3 is 0 Å². The van der Waals surface area contributed by atoms with Gasteiger partial charge < -0.3 is 4.74 Å². The minimum Gasteiger partial charge on any atom is -0.378 e. The third-order valence-corrected chi connectivity index (χ3v) is 4.65. The molecule has 0 atom stereocenters. The molecule has 1 heterocycles. The second-order valence-electron chi connectivity index (χ2n) is 4.04. The van der Waals surface area contributed by atoms with E-state index in [0.717, 1.165) is 14.8 Å². The first-order valence-corrected chi connectivity index (χ1v) is 7.48. The fraction of sp³-hybridized carbons (Fsp3) is 0.231. The molecule has 0 spiro atoms. The Hall–Kier alpha value is -0.500. The average Bonchev–Trinajstić information content (AvgIpc) is 2.39. The molecule has 3 nitrogen and oxygen atoms in total. The summed E-state index contributed by atoms with van der Waals surface area (Å²) in [4.78, 5) is 8.61. The van der Waals surface area contributed by atoms with Crippen molar-refractivity contribution >= 4 is 45.8 Å². The molecular weight excluding hydrogens is 417 g/mol. The Morgan fingerprint density at radius 2 is 2.05 bits per heavy atom. The standard InChI is InChI=1S/C13H10Cl2FIN2O/c1-20-6-10-12(17)13(15)19-11(18-10)4-7-2-3-8(16)5-9(7)14/h2-3,5H,4,6H2,1H3. The first-order chi connectivity index (χ1) is 9.51. The fourth-order valence-corrected chi connectivity index (χ4v) is 2.50. The molecule has 0 aliphatic heterocycles. The van der Waals surface area contributed by atoms with E-state index in [1.807, 2.05) is 0 Å². The smallest absolute Gasteiger partial charge is 0.146 e. The first-order valence-electron chi connectivity index (χ1n) is 5.65. The summed E-state index contributed by atoms with van der Waals surface area (Å²) >= 11 is 14.1. The summed E-state index contributed by atoms with van der Waals surface area (Å²) in [5, 5.41) is 0.720. The van der Waals surface area contributed by atoms with Gasteiger partial charge in [-0.15, -0.1) is 0 Å². The lowest BCUT2D eigenvalue weighted by Gasteiger charge is -2.08. The van der Waals surface area contributed by atoms with Gasteiger partial charge in [-0.2, -0.15) is 0 Å². The largest absolute Gasteiger partial charge is 0.378 e. The van der Waals surface area contributed by atoms with E-state index in [2.05, 4.69) is 32.6 Å². The Kier molecular flexibility index (Phi) is 5.54. The van der Waals surface area contributed by atoms with Crippen LogP contribution in [0, 0.1) is 9.39 Å². The third-order valence-electron chi connectivity index (χ3n) is 2.57. The van der Waals surface area contributed by atoms with Crippen molar-refractivity contribution in [3.8, 4) is 0 Å². The minimum atomic E-state index is -0.375. The quantitative estimate of drug-likeness (QED) is 0.541. The van der Waals surface area contributed by atoms with Crippen LogP contribution < -0.4 is 0 Å². The normalized spacial score (nSPS) is 10.8. The molecule has 0 radical (unpaired) electrons. The van der Waals surface area contributed by atoms with Gasteiger partial charge in [0.2, 0.25) is 0 Å². The Labute approximate surface area is 139 Å². The third kappa shape index (κ3) is 3.78. The van der Waals surface area contributed by atoms with E-state index in [1.165, 1.54) is 12.1 Å². The lowest BCUT2D eigenvalue weighted by molar-refractivity contribution is 0.180. The molecule has 0 saturated carbocycles. The van der Waals surface area contributed by atoms with Gasteiger partial charge in [0.15, 0.2) is 0 Å². The zero-order valence-electron chi connectivity index (χ0n) is 10.5. The van der Waals surface area contributed by atoms with Gasteiger partial charge in [0.25, 0.3) is 0 Å². The van der Waals surface area contributed by atoms with Crippen molar-refractivity contribution in [3.63, 3.8) is 0 Å². The van der Waals surface area contributed by atoms with E-state index in [4.69, 9.17) is 27.9 Å². The molecule has 0 fully saturated rings. The van der Waals surface area contributed by atoms with E-state index in [0.29, 0.717) is 29.0 Å². The fourth-order valence-electron chi connectivity index (χ4n) is 1.66. The second-order valence-corrected chi connectivity index (χ2v) is 5.88. The van der Waals surface area contributed by atoms with Crippen molar-refractivity contribution in [1.29, 1.82) is 0 Å². The van der Waals surface area contributed by atoms with Crippen molar-refractivity contribution in [2.75, 3.05) is 7.11 Å². The molecule has 2 rings (SSSR count). The molecule has 7 heteroatoms. The summed E-state index contributed by atoms with van der Waals surface area (Å²) in [6, 6.07) is 4.23. The molecule has 0 aliphatic rings. The van der Waals surface area contributed by atoms with Crippen LogP contribution in [0.4, 0.5) is 4.39 Å². The van der Waals surface area contributed by atoms with Crippen molar-refractivity contribution in [3.05, 3.63) is 54.8 Å². The van der Waals surface area contributed by atoms with E-state index >= 15 is 0 Å². The van der Waals surface area contributed by atoms with Gasteiger partial charge in [-0.1, -0.05) is 29.3 Å². The first kappa shape index (κ1) is 15.9. The predicted octanol–water partition coefficient (Wildman–Crippen LogP) is 4.26. The monoisotopic (exact) mass is 426 g/mol. The molecule has 1 aromatic carbocycles. The summed E-state index contributed by atoms with van der Waals surface area (Å²) in [7, 11) is 1.59. The van der Waals surface area contributed by atoms with Crippen LogP contribution in [0.3, 0.4) is 0 Å². The number of ether oxygens (including phenoxy) is 1. The topological polar surface area (TPSA) is 35.0 Å². The van der Waals surface area contributed by atoms with Gasteiger partial charge in [-0.05, 0) is 40.3 Å². The van der Waals surface area contributed by atoms with E-state index in [9.17, 15) is 4.39 Å². The highest BCUT2D eigenvalue weighted by molar-refractivity contribution is 14.1. The van der Waals surface area contributed by atoms with E-state index < -0.39 is 0 Å². The highest BCUT2D eigenvalue weighted by atomic mass is 127. The van der Waals surface area contributed by atoms with Crippen LogP contribution in [0.5, 0.6) is 0 Å². The van der Waals surface area contributed by atoms with Crippen LogP contribution in [0.2, 0.25) is 10.2 Å². The lowest BCUT2D eigenvalue weighted by atomic mass is 10.1. The summed E-state index contributed by atoms with van der Waals surface area (Å²) in [5.41, 5.74) is 1.47. The van der Waals surface area contributed by atoms with Crippen LogP contribution >= 0.6 is 45.8 Å². The number of nitrogens with zero attached hydrogens (tertiary/aromatic N) is 2. The molecule has 0 saturated heterocycles. The van der Waals surface area contributed by atoms with Gasteiger partial charge in [0.1, 0.15) is 16.8 Å². The zero-order chi connectivity index (χ0) is 14.7. The summed E-state index contributed by atoms with van der Waals surface area (Å²) < 4.78 is 18.9. The molecule has 0 bridgehead atoms. The number of aromatic nitrogens is 2. The number of benzene rings is 1. The molecule has 106 valence electrons. The van der Waals surface area contributed by atoms with Gasteiger partial charge in [0, 0.05) is 18.6 Å². The number of hydrogen-bond acceptors (Lipinski definition) is 3. The number of rotatable bonds is 4. The summed E-state index contributed by atoms with van der Waals surface area (Å²) in [6.07, 6.45) is 0.381. The molecule has 0 aliphatic carbocycles. The maximum absolute atomic E-state index is 13.0. The molecule has 1 aromatic heterocycles. The van der Waals surface area contributed by atoms with Crippen molar-refractivity contribution < 1.29 is 9.13 Å². The Morgan fingerprint density at radius 3 is 2.70 bits per heavy atom. The maximum atomic E-state index is 13.0. The van der Waals surface area contributed by atoms with Crippen LogP contribution in [-0.4, -0.2) is 17.1 Å². The second kappa shape index (κ2) is 6.98. The number of halogens is 4. The molecular formula is C13H10Cl2FIN2O. The van der Waals surface area contributed by atoms with Crippen LogP contribution in [0.1, 0.15) is 17.1 Å². The zero-order valence-corrected chi connectivity index (χ0v) is 14.1. The van der Waals surface area contributed by atoms with Gasteiger partial charge in [-0.25, -0.2) is 14.4 Å². The molecule has 0 N–H and O–H groups in total. The molecule has 2 aromatic rings. The Morgan fingerprint density at radius 1 is 1.30 bits per heavy atom. The van der Waals surface area contributed by atoms with Gasteiger partial charge in [-0.3, -0.25) is 0 Å².